The van der Waals surface area contributed by atoms with Gasteiger partial charge in [0, 0.05) is 5.39 Å². The van der Waals surface area contributed by atoms with Crippen molar-refractivity contribution in [1.82, 2.24) is 4.98 Å². The molecule has 0 aliphatic heterocycles. The van der Waals surface area contributed by atoms with Gasteiger partial charge < -0.3 is 0 Å². The number of hydrogen-bond donors (Lipinski definition) is 0. The van der Waals surface area contributed by atoms with Crippen molar-refractivity contribution in [1.29, 1.82) is 0 Å². The zero-order valence-corrected chi connectivity index (χ0v) is 11.5. The van der Waals surface area contributed by atoms with E-state index in [0.29, 0.717) is 0 Å². The second-order valence-corrected chi connectivity index (χ2v) is 4.71. The number of para-hydroxylation sites is 1. The van der Waals surface area contributed by atoms with Crippen molar-refractivity contribution in [2.75, 3.05) is 0 Å². The molecule has 0 unspecified atom stereocenters. The summed E-state index contributed by atoms with van der Waals surface area (Å²) in [6, 6.07) is 12.4. The molecule has 2 rings (SSSR count). The number of nitrogens with zero attached hydrogens (tertiary/aromatic N) is 1. The van der Waals surface area contributed by atoms with Crippen LogP contribution in [0.5, 0.6) is 0 Å². The van der Waals surface area contributed by atoms with Crippen LogP contribution in [-0.2, 0) is 0 Å². The highest BCUT2D eigenvalue weighted by molar-refractivity contribution is 5.79. The summed E-state index contributed by atoms with van der Waals surface area (Å²) in [5.41, 5.74) is 2.06. The molecule has 19 heavy (non-hydrogen) atoms. The molecule has 1 aromatic heterocycles. The zero-order valence-electron chi connectivity index (χ0n) is 11.5. The summed E-state index contributed by atoms with van der Waals surface area (Å²) >= 11 is 0. The number of pyridine rings is 1. The van der Waals surface area contributed by atoms with Gasteiger partial charge in [-0.1, -0.05) is 62.3 Å². The molecule has 0 spiro atoms. The van der Waals surface area contributed by atoms with Gasteiger partial charge >= 0.3 is 0 Å². The van der Waals surface area contributed by atoms with E-state index >= 15 is 0 Å². The van der Waals surface area contributed by atoms with E-state index < -0.39 is 0 Å². The Kier molecular flexibility index (Phi) is 5.36. The van der Waals surface area contributed by atoms with Crippen LogP contribution in [0, 0.1) is 0 Å². The maximum Gasteiger partial charge on any atom is 0.0709 e. The van der Waals surface area contributed by atoms with Crippen LogP contribution in [-0.4, -0.2) is 4.98 Å². The molecule has 0 aliphatic carbocycles. The van der Waals surface area contributed by atoms with E-state index in [1.54, 1.807) is 0 Å². The van der Waals surface area contributed by atoms with E-state index in [4.69, 9.17) is 0 Å². The van der Waals surface area contributed by atoms with Gasteiger partial charge in [-0.2, -0.15) is 0 Å². The fourth-order valence-electron chi connectivity index (χ4n) is 2.02. The molecular weight excluding hydrogens is 230 g/mol. The number of rotatable bonds is 6. The minimum atomic E-state index is 1.01. The van der Waals surface area contributed by atoms with Crippen molar-refractivity contribution in [3.8, 4) is 0 Å². The molecule has 1 nitrogen and oxygen atoms in total. The molecular formula is C18H21N. The SMILES string of the molecule is CCCCC/C=C/C=C/c1ccc2ccccc2n1. The summed E-state index contributed by atoms with van der Waals surface area (Å²) in [5, 5.41) is 1.19. The van der Waals surface area contributed by atoms with Gasteiger partial charge in [-0.3, -0.25) is 0 Å². The van der Waals surface area contributed by atoms with Crippen LogP contribution in [0.3, 0.4) is 0 Å². The van der Waals surface area contributed by atoms with Gasteiger partial charge in [-0.25, -0.2) is 4.98 Å². The highest BCUT2D eigenvalue weighted by atomic mass is 14.7. The first-order valence-corrected chi connectivity index (χ1v) is 7.09. The first-order chi connectivity index (χ1) is 9.40. The molecule has 0 bridgehead atoms. The van der Waals surface area contributed by atoms with Gasteiger partial charge in [-0.05, 0) is 31.1 Å². The molecule has 2 aromatic rings. The Balaban J connectivity index is 1.93. The van der Waals surface area contributed by atoms with Crippen molar-refractivity contribution in [2.45, 2.75) is 32.6 Å². The second kappa shape index (κ2) is 7.52. The van der Waals surface area contributed by atoms with Crippen LogP contribution >= 0.6 is 0 Å². The van der Waals surface area contributed by atoms with E-state index in [1.807, 2.05) is 18.2 Å². The van der Waals surface area contributed by atoms with Gasteiger partial charge in [0.25, 0.3) is 0 Å². The fraction of sp³-hybridized carbons (Fsp3) is 0.278. The van der Waals surface area contributed by atoms with E-state index in [1.165, 1.54) is 31.1 Å². The van der Waals surface area contributed by atoms with Crippen LogP contribution in [0.15, 0.2) is 54.6 Å². The third-order valence-corrected chi connectivity index (χ3v) is 3.11. The predicted octanol–water partition coefficient (Wildman–Crippen LogP) is 5.38. The summed E-state index contributed by atoms with van der Waals surface area (Å²) in [4.78, 5) is 4.60. The van der Waals surface area contributed by atoms with Gasteiger partial charge in [0.2, 0.25) is 0 Å². The summed E-state index contributed by atoms with van der Waals surface area (Å²) in [7, 11) is 0. The lowest BCUT2D eigenvalue weighted by atomic mass is 10.2. The number of benzene rings is 1. The van der Waals surface area contributed by atoms with Crippen LogP contribution in [0.2, 0.25) is 0 Å². The van der Waals surface area contributed by atoms with Gasteiger partial charge in [0.1, 0.15) is 0 Å². The topological polar surface area (TPSA) is 12.9 Å². The van der Waals surface area contributed by atoms with E-state index in [0.717, 1.165) is 11.2 Å². The van der Waals surface area contributed by atoms with Crippen LogP contribution in [0.4, 0.5) is 0 Å². The molecule has 0 radical (unpaired) electrons. The van der Waals surface area contributed by atoms with Gasteiger partial charge in [0.05, 0.1) is 11.2 Å². The quantitative estimate of drug-likeness (QED) is 0.496. The minimum Gasteiger partial charge on any atom is -0.248 e. The number of hydrogen-bond acceptors (Lipinski definition) is 1. The average Bonchev–Trinajstić information content (AvgIpc) is 2.46. The van der Waals surface area contributed by atoms with E-state index in [9.17, 15) is 0 Å². The third kappa shape index (κ3) is 4.36. The van der Waals surface area contributed by atoms with Crippen molar-refractivity contribution in [3.05, 3.63) is 60.3 Å². The van der Waals surface area contributed by atoms with Crippen LogP contribution in [0.1, 0.15) is 38.3 Å². The third-order valence-electron chi connectivity index (χ3n) is 3.11. The van der Waals surface area contributed by atoms with Gasteiger partial charge in [0.15, 0.2) is 0 Å². The van der Waals surface area contributed by atoms with Crippen LogP contribution in [0.25, 0.3) is 17.0 Å². The Hall–Kier alpha value is -1.89. The predicted molar refractivity (Wildman–Crippen MR) is 84.1 cm³/mol. The second-order valence-electron chi connectivity index (χ2n) is 4.71. The monoisotopic (exact) mass is 251 g/mol. The maximum atomic E-state index is 4.60. The Labute approximate surface area is 115 Å². The molecule has 0 amide bonds. The largest absolute Gasteiger partial charge is 0.248 e. The van der Waals surface area contributed by atoms with E-state index in [2.05, 4.69) is 54.4 Å². The highest BCUT2D eigenvalue weighted by Gasteiger charge is 1.93. The van der Waals surface area contributed by atoms with Crippen molar-refractivity contribution in [3.63, 3.8) is 0 Å². The number of allylic oxidation sites excluding steroid dienone is 3. The molecule has 0 N–H and O–H groups in total. The normalized spacial score (nSPS) is 11.8. The molecule has 0 atom stereocenters. The lowest BCUT2D eigenvalue weighted by Gasteiger charge is -1.97. The summed E-state index contributed by atoms with van der Waals surface area (Å²) in [6.07, 6.45) is 13.5. The lowest BCUT2D eigenvalue weighted by Crippen LogP contribution is -1.81. The first kappa shape index (κ1) is 13.5. The summed E-state index contributed by atoms with van der Waals surface area (Å²) < 4.78 is 0. The smallest absolute Gasteiger partial charge is 0.0709 e. The zero-order chi connectivity index (χ0) is 13.3. The van der Waals surface area contributed by atoms with Crippen molar-refractivity contribution in [2.24, 2.45) is 0 Å². The Bertz CT molecular complexity index is 567. The number of fused-ring (bicyclic) bond motifs is 1. The first-order valence-electron chi connectivity index (χ1n) is 7.09. The number of unbranched alkanes of at least 4 members (excludes halogenated alkanes) is 3. The lowest BCUT2D eigenvalue weighted by molar-refractivity contribution is 0.729. The molecule has 0 saturated carbocycles. The van der Waals surface area contributed by atoms with Crippen molar-refractivity contribution >= 4 is 17.0 Å². The minimum absolute atomic E-state index is 1.01. The number of aromatic nitrogens is 1. The standard InChI is InChI=1S/C18H21N/c1-2-3-4-5-6-7-8-12-17-15-14-16-11-9-10-13-18(16)19-17/h6-15H,2-5H2,1H3/b7-6+,12-8+. The fourth-order valence-corrected chi connectivity index (χ4v) is 2.02. The Morgan fingerprint density at radius 1 is 1.00 bits per heavy atom. The molecule has 1 heterocycles. The highest BCUT2D eigenvalue weighted by Crippen LogP contribution is 2.12. The molecule has 98 valence electrons. The molecule has 1 heteroatoms. The summed E-state index contributed by atoms with van der Waals surface area (Å²) in [5.74, 6) is 0. The molecule has 0 fully saturated rings. The van der Waals surface area contributed by atoms with Gasteiger partial charge in [-0.15, -0.1) is 0 Å². The molecule has 0 saturated heterocycles. The van der Waals surface area contributed by atoms with Crippen LogP contribution < -0.4 is 0 Å². The average molecular weight is 251 g/mol. The molecule has 0 aliphatic rings. The molecule has 1 aromatic carbocycles. The maximum absolute atomic E-state index is 4.60. The van der Waals surface area contributed by atoms with Crippen molar-refractivity contribution < 1.29 is 0 Å². The summed E-state index contributed by atoms with van der Waals surface area (Å²) in [6.45, 7) is 2.23. The Morgan fingerprint density at radius 2 is 1.89 bits per heavy atom. The Morgan fingerprint density at radius 3 is 2.79 bits per heavy atom. The van der Waals surface area contributed by atoms with E-state index in [-0.39, 0.29) is 0 Å².